The molecule has 2 fully saturated rings. The summed E-state index contributed by atoms with van der Waals surface area (Å²) in [6, 6.07) is 25.4. The van der Waals surface area contributed by atoms with Crippen molar-refractivity contribution in [1.82, 2.24) is 25.1 Å². The molecule has 6 atom stereocenters. The molecule has 75 heavy (non-hydrogen) atoms. The molecule has 0 bridgehead atoms. The van der Waals surface area contributed by atoms with Gasteiger partial charge in [0.2, 0.25) is 0 Å². The van der Waals surface area contributed by atoms with Gasteiger partial charge in [0.05, 0.1) is 24.3 Å². The topological polar surface area (TPSA) is 173 Å². The van der Waals surface area contributed by atoms with Gasteiger partial charge in [0.1, 0.15) is 17.8 Å². The number of hydrogen-bond acceptors (Lipinski definition) is 9. The molecular formula is C59H92N6O8Si2. The minimum absolute atomic E-state index is 0. The first-order chi connectivity index (χ1) is 34.4. The molecule has 16 heteroatoms. The number of ether oxygens (including phenoxy) is 3. The number of hydrogen-bond donors (Lipinski definition) is 4. The Morgan fingerprint density at radius 3 is 1.44 bits per heavy atom. The number of nitrogens with zero attached hydrogens (tertiary/aromatic N) is 2. The normalized spacial score (nSPS) is 19.5. The Morgan fingerprint density at radius 1 is 0.627 bits per heavy atom. The number of benzene rings is 3. The zero-order valence-corrected chi connectivity index (χ0v) is 49.3. The van der Waals surface area contributed by atoms with E-state index in [-0.39, 0.29) is 79.0 Å². The van der Waals surface area contributed by atoms with Crippen LogP contribution in [0.4, 0.5) is 14.4 Å². The molecule has 414 valence electrons. The van der Waals surface area contributed by atoms with E-state index in [0.29, 0.717) is 26.1 Å². The molecule has 7 rings (SSSR count). The summed E-state index contributed by atoms with van der Waals surface area (Å²) in [5, 5.41) is 5.27. The quantitative estimate of drug-likeness (QED) is 0.0661. The number of rotatable bonds is 13. The second kappa shape index (κ2) is 24.0. The van der Waals surface area contributed by atoms with E-state index in [4.69, 9.17) is 28.8 Å². The van der Waals surface area contributed by atoms with Crippen molar-refractivity contribution in [3.05, 3.63) is 108 Å². The van der Waals surface area contributed by atoms with E-state index >= 15 is 0 Å². The molecule has 2 aliphatic heterocycles. The van der Waals surface area contributed by atoms with Crippen molar-refractivity contribution in [2.75, 3.05) is 26.2 Å². The Morgan fingerprint density at radius 2 is 1.03 bits per heavy atom. The number of fused-ring (bicyclic) bond motifs is 2. The van der Waals surface area contributed by atoms with Crippen molar-refractivity contribution in [3.8, 4) is 0 Å². The van der Waals surface area contributed by atoms with Crippen LogP contribution in [0.2, 0.25) is 36.3 Å². The van der Waals surface area contributed by atoms with Gasteiger partial charge in [0.15, 0.2) is 16.6 Å². The van der Waals surface area contributed by atoms with Crippen LogP contribution in [0.15, 0.2) is 91.3 Å². The molecule has 14 nitrogen and oxygen atoms in total. The Balaban J connectivity index is 0.000000284. The van der Waals surface area contributed by atoms with Crippen molar-refractivity contribution in [3.63, 3.8) is 0 Å². The van der Waals surface area contributed by atoms with Crippen molar-refractivity contribution < 1.29 is 37.4 Å². The molecule has 0 radical (unpaired) electrons. The number of amides is 3. The highest BCUT2D eigenvalue weighted by atomic mass is 28.4. The molecule has 4 heterocycles. The fourth-order valence-electron chi connectivity index (χ4n) is 9.60. The summed E-state index contributed by atoms with van der Waals surface area (Å²) >= 11 is 0. The van der Waals surface area contributed by atoms with Gasteiger partial charge in [-0.1, -0.05) is 116 Å². The smallest absolute Gasteiger partial charge is 0.410 e. The Bertz CT molecular complexity index is 2660. The fourth-order valence-corrected chi connectivity index (χ4v) is 12.3. The van der Waals surface area contributed by atoms with Crippen LogP contribution >= 0.6 is 0 Å². The molecule has 2 saturated heterocycles. The van der Waals surface area contributed by atoms with Crippen LogP contribution in [0.25, 0.3) is 21.8 Å². The number of carbonyl (C=O) groups is 3. The lowest BCUT2D eigenvalue weighted by atomic mass is 9.88. The summed E-state index contributed by atoms with van der Waals surface area (Å²) in [4.78, 5) is 50.3. The average molecular weight is 1070 g/mol. The SMILES string of the molecule is C.CC(C)(C)OC(=O)N1CC[C@H](O[Si](C)(C)C(C)(C)C)[C@H]1[C@@H](CN)c1c[nH]c2ccccc12.CC(C)(C)OC(=O)N1CC[C@H](O[Si](C)(C)C(C)(C)C)[C@H]1[C@@H](CNC(=O)OCc1ccccc1)c1c[nH]c2ccccc12. The zero-order chi connectivity index (χ0) is 54.6. The first-order valence-electron chi connectivity index (χ1n) is 26.5. The van der Waals surface area contributed by atoms with Gasteiger partial charge in [-0.15, -0.1) is 0 Å². The van der Waals surface area contributed by atoms with Crippen LogP contribution in [-0.2, 0) is 29.7 Å². The van der Waals surface area contributed by atoms with Crippen LogP contribution in [0, 0.1) is 0 Å². The van der Waals surface area contributed by atoms with Crippen LogP contribution in [0.1, 0.15) is 132 Å². The van der Waals surface area contributed by atoms with E-state index in [2.05, 4.69) is 101 Å². The number of aromatic amines is 2. The van der Waals surface area contributed by atoms with Gasteiger partial charge in [0.25, 0.3) is 0 Å². The van der Waals surface area contributed by atoms with E-state index in [0.717, 1.165) is 44.9 Å². The van der Waals surface area contributed by atoms with E-state index < -0.39 is 33.9 Å². The second-order valence-electron chi connectivity index (χ2n) is 25.2. The summed E-state index contributed by atoms with van der Waals surface area (Å²) in [6.07, 6.45) is 4.03. The van der Waals surface area contributed by atoms with Crippen LogP contribution in [-0.4, -0.2) is 116 Å². The Labute approximate surface area is 450 Å². The highest BCUT2D eigenvalue weighted by molar-refractivity contribution is 6.74. The van der Waals surface area contributed by atoms with Gasteiger partial charge < -0.3 is 53.9 Å². The standard InChI is InChI=1S/C33H47N3O5Si.C25H41N3O3Si.CH4/c1-32(2,3)40-31(38)36-19-18-28(41-42(7,8)33(4,5)6)29(36)26(25-20-34-27-17-13-12-16-24(25)27)21-35-30(37)39-22-23-14-10-9-11-15-23;1-24(2,3)30-23(29)28-14-13-21(31-32(7,8)25(4,5)6)22(28)18(15-26)19-16-27-20-12-10-9-11-17(19)20;/h9-17,20,26,28-29,34H,18-19,21-22H2,1-8H3,(H,35,37);9-12,16,18,21-22,27H,13-15,26H2,1-8H3;1H4/t26-,28-,29+;18-,21-,22+;/m00./s1. The molecule has 5 aromatic rings. The molecule has 0 spiro atoms. The van der Waals surface area contributed by atoms with Gasteiger partial charge in [-0.2, -0.15) is 0 Å². The fraction of sp³-hybridized carbons (Fsp3) is 0.576. The van der Waals surface area contributed by atoms with Crippen molar-refractivity contribution in [2.45, 2.75) is 194 Å². The van der Waals surface area contributed by atoms with Gasteiger partial charge in [-0.05, 0) is 119 Å². The minimum atomic E-state index is -2.20. The van der Waals surface area contributed by atoms with Gasteiger partial charge >= 0.3 is 18.3 Å². The molecule has 0 unspecified atom stereocenters. The molecule has 3 aromatic carbocycles. The second-order valence-corrected chi connectivity index (χ2v) is 34.7. The number of nitrogens with two attached hydrogens (primary N) is 1. The lowest BCUT2D eigenvalue weighted by Crippen LogP contribution is -2.52. The number of likely N-dealkylation sites (tertiary alicyclic amines) is 2. The lowest BCUT2D eigenvalue weighted by Gasteiger charge is -2.42. The van der Waals surface area contributed by atoms with Gasteiger partial charge in [0, 0.05) is 72.2 Å². The van der Waals surface area contributed by atoms with Crippen molar-refractivity contribution >= 4 is 56.7 Å². The maximum absolute atomic E-state index is 13.7. The third kappa shape index (κ3) is 15.1. The van der Waals surface area contributed by atoms with E-state index in [1.807, 2.05) is 124 Å². The van der Waals surface area contributed by atoms with Crippen molar-refractivity contribution in [2.24, 2.45) is 5.73 Å². The zero-order valence-electron chi connectivity index (χ0n) is 47.3. The number of para-hydroxylation sites is 2. The molecule has 0 saturated carbocycles. The predicted molar refractivity (Wildman–Crippen MR) is 309 cm³/mol. The lowest BCUT2D eigenvalue weighted by molar-refractivity contribution is 0.0122. The molecule has 0 aliphatic carbocycles. The number of aromatic nitrogens is 2. The number of H-pyrrole nitrogens is 2. The summed E-state index contributed by atoms with van der Waals surface area (Å²) in [5.74, 6) is -0.342. The molecule has 3 amide bonds. The number of carbonyl (C=O) groups excluding carboxylic acids is 3. The van der Waals surface area contributed by atoms with Crippen LogP contribution in [0.3, 0.4) is 0 Å². The average Bonchev–Trinajstić information content (AvgIpc) is 4.11. The van der Waals surface area contributed by atoms with E-state index in [1.54, 1.807) is 0 Å². The third-order valence-corrected chi connectivity index (χ3v) is 24.4. The number of alkyl carbamates (subject to hydrolysis) is 1. The Kier molecular flexibility index (Phi) is 19.5. The summed E-state index contributed by atoms with van der Waals surface area (Å²) < 4.78 is 31.2. The van der Waals surface area contributed by atoms with E-state index in [1.165, 1.54) is 0 Å². The highest BCUT2D eigenvalue weighted by Gasteiger charge is 2.51. The van der Waals surface area contributed by atoms with Crippen LogP contribution < -0.4 is 11.1 Å². The van der Waals surface area contributed by atoms with Gasteiger partial charge in [-0.25, -0.2) is 14.4 Å². The maximum Gasteiger partial charge on any atom is 0.410 e. The van der Waals surface area contributed by atoms with Gasteiger partial charge in [-0.3, -0.25) is 0 Å². The van der Waals surface area contributed by atoms with Crippen LogP contribution in [0.5, 0.6) is 0 Å². The minimum Gasteiger partial charge on any atom is -0.445 e. The predicted octanol–water partition coefficient (Wildman–Crippen LogP) is 13.8. The first-order valence-corrected chi connectivity index (χ1v) is 32.3. The van der Waals surface area contributed by atoms with Crippen molar-refractivity contribution in [1.29, 1.82) is 0 Å². The molecule has 5 N–H and O–H groups in total. The largest absolute Gasteiger partial charge is 0.445 e. The van der Waals surface area contributed by atoms with E-state index in [9.17, 15) is 14.4 Å². The molecule has 2 aromatic heterocycles. The maximum atomic E-state index is 13.7. The first kappa shape index (κ1) is 60.7. The summed E-state index contributed by atoms with van der Waals surface area (Å²) in [7, 11) is -4.25. The summed E-state index contributed by atoms with van der Waals surface area (Å²) in [5.41, 5.74) is 10.3. The third-order valence-electron chi connectivity index (χ3n) is 15.3. The molecule has 2 aliphatic rings. The number of nitrogens with one attached hydrogen (secondary N) is 3. The molecular weight excluding hydrogens is 977 g/mol. The summed E-state index contributed by atoms with van der Waals surface area (Å²) in [6.45, 7) is 35.7. The monoisotopic (exact) mass is 1070 g/mol. The Hall–Kier alpha value is -5.14. The highest BCUT2D eigenvalue weighted by Crippen LogP contribution is 2.45.